The fourth-order valence-electron chi connectivity index (χ4n) is 10.7. The van der Waals surface area contributed by atoms with Crippen molar-refractivity contribution >= 4 is 39.5 Å². The SMILES string of the molecule is CCCCCCCCCCCC(=O)OC[C@H](COP(=O)(O)OC[C@H](O)COP(=O)(O)OC[C@@H](COC(=O)CCCCCCCCCCCCC(C)C)OC(=O)CCCCCCCCCCCCCCCC(C)C)OC(=O)CCCCCCCCCCCC(C)C. The van der Waals surface area contributed by atoms with Gasteiger partial charge in [0.15, 0.2) is 12.2 Å². The van der Waals surface area contributed by atoms with Crippen molar-refractivity contribution in [3.05, 3.63) is 0 Å². The maximum Gasteiger partial charge on any atom is 0.472 e. The monoisotopic (exact) mass is 1320 g/mol. The molecule has 0 aromatic rings. The zero-order valence-electron chi connectivity index (χ0n) is 58.6. The van der Waals surface area contributed by atoms with Crippen molar-refractivity contribution < 1.29 is 80.2 Å². The van der Waals surface area contributed by atoms with Gasteiger partial charge in [0.25, 0.3) is 0 Å². The van der Waals surface area contributed by atoms with Gasteiger partial charge in [0, 0.05) is 25.7 Å². The molecule has 0 spiro atoms. The molecule has 3 N–H and O–H groups in total. The van der Waals surface area contributed by atoms with E-state index in [0.717, 1.165) is 108 Å². The Bertz CT molecular complexity index is 1770. The van der Waals surface area contributed by atoms with Crippen molar-refractivity contribution in [3.63, 3.8) is 0 Å². The first-order chi connectivity index (χ1) is 43.2. The van der Waals surface area contributed by atoms with E-state index in [2.05, 4.69) is 48.5 Å². The molecular weight excluding hydrogens is 1190 g/mol. The summed E-state index contributed by atoms with van der Waals surface area (Å²) in [5.41, 5.74) is 0. The minimum atomic E-state index is -4.95. The van der Waals surface area contributed by atoms with Gasteiger partial charge in [-0.1, -0.05) is 305 Å². The molecule has 90 heavy (non-hydrogen) atoms. The van der Waals surface area contributed by atoms with E-state index in [9.17, 15) is 43.2 Å². The van der Waals surface area contributed by atoms with Gasteiger partial charge in [-0.25, -0.2) is 9.13 Å². The van der Waals surface area contributed by atoms with Crippen LogP contribution >= 0.6 is 15.6 Å². The van der Waals surface area contributed by atoms with Gasteiger partial charge in [-0.05, 0) is 43.4 Å². The van der Waals surface area contributed by atoms with Gasteiger partial charge >= 0.3 is 39.5 Å². The van der Waals surface area contributed by atoms with Crippen LogP contribution in [0.1, 0.15) is 357 Å². The number of aliphatic hydroxyl groups is 1. The maximum atomic E-state index is 13.0. The highest BCUT2D eigenvalue weighted by Crippen LogP contribution is 2.45. The van der Waals surface area contributed by atoms with Crippen LogP contribution in [0.4, 0.5) is 0 Å². The molecule has 0 rings (SSSR count). The summed E-state index contributed by atoms with van der Waals surface area (Å²) in [6.45, 7) is 11.8. The molecule has 2 unspecified atom stereocenters. The molecule has 0 amide bonds. The number of unbranched alkanes of at least 4 members (excludes halogenated alkanes) is 37. The first-order valence-corrected chi connectivity index (χ1v) is 39.8. The van der Waals surface area contributed by atoms with Crippen molar-refractivity contribution in [2.75, 3.05) is 39.6 Å². The normalized spacial score (nSPS) is 14.2. The second-order valence-corrected chi connectivity index (χ2v) is 30.0. The van der Waals surface area contributed by atoms with Gasteiger partial charge in [0.1, 0.15) is 19.3 Å². The van der Waals surface area contributed by atoms with Crippen LogP contribution in [0.3, 0.4) is 0 Å². The first kappa shape index (κ1) is 88.1. The van der Waals surface area contributed by atoms with Crippen LogP contribution in [0, 0.1) is 17.8 Å². The Kier molecular flexibility index (Phi) is 60.6. The number of phosphoric ester groups is 2. The minimum absolute atomic E-state index is 0.105. The molecule has 5 atom stereocenters. The zero-order chi connectivity index (χ0) is 66.6. The molecule has 0 heterocycles. The fourth-order valence-corrected chi connectivity index (χ4v) is 12.3. The Morgan fingerprint density at radius 3 is 0.756 bits per heavy atom. The lowest BCUT2D eigenvalue weighted by atomic mass is 10.0. The van der Waals surface area contributed by atoms with Crippen molar-refractivity contribution in [2.45, 2.75) is 375 Å². The van der Waals surface area contributed by atoms with Gasteiger partial charge in [0.05, 0.1) is 26.4 Å². The maximum absolute atomic E-state index is 13.0. The topological polar surface area (TPSA) is 237 Å². The smallest absolute Gasteiger partial charge is 0.462 e. The molecule has 17 nitrogen and oxygen atoms in total. The number of hydrogen-bond donors (Lipinski definition) is 3. The van der Waals surface area contributed by atoms with Crippen molar-refractivity contribution in [1.29, 1.82) is 0 Å². The molecule has 0 aliphatic heterocycles. The number of ether oxygens (including phenoxy) is 4. The quantitative estimate of drug-likeness (QED) is 0.0222. The molecule has 0 bridgehead atoms. The Hall–Kier alpha value is -1.94. The van der Waals surface area contributed by atoms with Gasteiger partial charge in [-0.2, -0.15) is 0 Å². The van der Waals surface area contributed by atoms with Gasteiger partial charge in [0.2, 0.25) is 0 Å². The third-order valence-electron chi connectivity index (χ3n) is 16.4. The van der Waals surface area contributed by atoms with Crippen LogP contribution in [-0.4, -0.2) is 96.7 Å². The predicted molar refractivity (Wildman–Crippen MR) is 363 cm³/mol. The molecule has 0 aliphatic rings. The highest BCUT2D eigenvalue weighted by Gasteiger charge is 2.30. The van der Waals surface area contributed by atoms with Crippen molar-refractivity contribution in [2.24, 2.45) is 17.8 Å². The van der Waals surface area contributed by atoms with Crippen molar-refractivity contribution in [3.8, 4) is 0 Å². The predicted octanol–water partition coefficient (Wildman–Crippen LogP) is 20.2. The summed E-state index contributed by atoms with van der Waals surface area (Å²) in [6.07, 6.45) is 45.8. The standard InChI is InChI=1S/C71H138O17P2/c1-8-9-10-11-12-21-31-38-45-52-68(73)81-58-66(88-71(76)55-48-41-34-27-20-24-30-37-44-51-64(6)7)60-85-89(77,78)83-56-65(72)57-84-90(79,80)86-61-67(59-82-69(74)53-46-39-32-25-19-18-23-29-36-43-50-63(4)5)87-70(75)54-47-40-33-26-17-15-13-14-16-22-28-35-42-49-62(2)3/h62-67,72H,8-61H2,1-7H3,(H,77,78)(H,79,80)/t65-,66+,67+/m0/s1. The Morgan fingerprint density at radius 2 is 0.511 bits per heavy atom. The lowest BCUT2D eigenvalue weighted by molar-refractivity contribution is -0.161. The Morgan fingerprint density at radius 1 is 0.300 bits per heavy atom. The van der Waals surface area contributed by atoms with Gasteiger partial charge < -0.3 is 33.8 Å². The second kappa shape index (κ2) is 61.9. The van der Waals surface area contributed by atoms with Crippen LogP contribution in [0.25, 0.3) is 0 Å². The van der Waals surface area contributed by atoms with Crippen LogP contribution in [-0.2, 0) is 65.4 Å². The number of carbonyl (C=O) groups is 4. The van der Waals surface area contributed by atoms with E-state index in [1.807, 2.05) is 0 Å². The number of esters is 4. The first-order valence-electron chi connectivity index (χ1n) is 36.8. The molecule has 0 saturated heterocycles. The lowest BCUT2D eigenvalue weighted by Gasteiger charge is -2.21. The number of phosphoric acid groups is 2. The van der Waals surface area contributed by atoms with Crippen molar-refractivity contribution in [1.82, 2.24) is 0 Å². The third-order valence-corrected chi connectivity index (χ3v) is 18.3. The Balaban J connectivity index is 5.24. The fraction of sp³-hybridized carbons (Fsp3) is 0.944. The zero-order valence-corrected chi connectivity index (χ0v) is 60.4. The summed E-state index contributed by atoms with van der Waals surface area (Å²) in [7, 11) is -9.90. The molecule has 534 valence electrons. The van der Waals surface area contributed by atoms with E-state index < -0.39 is 97.5 Å². The Labute approximate surface area is 549 Å². The summed E-state index contributed by atoms with van der Waals surface area (Å²) in [5, 5.41) is 10.6. The highest BCUT2D eigenvalue weighted by atomic mass is 31.2. The average molecular weight is 1330 g/mol. The van der Waals surface area contributed by atoms with Crippen LogP contribution in [0.2, 0.25) is 0 Å². The van der Waals surface area contributed by atoms with Crippen LogP contribution < -0.4 is 0 Å². The molecule has 0 saturated carbocycles. The summed E-state index contributed by atoms with van der Waals surface area (Å²) in [5.74, 6) is 0.156. The molecule has 0 fully saturated rings. The summed E-state index contributed by atoms with van der Waals surface area (Å²) in [6, 6.07) is 0. The van der Waals surface area contributed by atoms with Gasteiger partial charge in [-0.3, -0.25) is 37.3 Å². The second-order valence-electron chi connectivity index (χ2n) is 27.1. The molecule has 0 aromatic heterocycles. The summed E-state index contributed by atoms with van der Waals surface area (Å²) >= 11 is 0. The van der Waals surface area contributed by atoms with E-state index in [1.165, 1.54) is 167 Å². The molecule has 0 radical (unpaired) electrons. The summed E-state index contributed by atoms with van der Waals surface area (Å²) in [4.78, 5) is 72.5. The van der Waals surface area contributed by atoms with E-state index in [-0.39, 0.29) is 25.7 Å². The molecule has 0 aliphatic carbocycles. The third kappa shape index (κ3) is 64.8. The summed E-state index contributed by atoms with van der Waals surface area (Å²) < 4.78 is 68.3. The molecular formula is C71H138O17P2. The largest absolute Gasteiger partial charge is 0.472 e. The van der Waals surface area contributed by atoms with E-state index >= 15 is 0 Å². The van der Waals surface area contributed by atoms with E-state index in [0.29, 0.717) is 25.7 Å². The average Bonchev–Trinajstić information content (AvgIpc) is 3.66. The van der Waals surface area contributed by atoms with E-state index in [4.69, 9.17) is 37.0 Å². The number of carbonyl (C=O) groups excluding carboxylic acids is 4. The number of rotatable bonds is 69. The number of hydrogen-bond acceptors (Lipinski definition) is 15. The lowest BCUT2D eigenvalue weighted by Crippen LogP contribution is -2.30. The molecule has 19 heteroatoms. The highest BCUT2D eigenvalue weighted by molar-refractivity contribution is 7.47. The minimum Gasteiger partial charge on any atom is -0.462 e. The number of aliphatic hydroxyl groups excluding tert-OH is 1. The van der Waals surface area contributed by atoms with E-state index in [1.54, 1.807) is 0 Å². The molecule has 0 aromatic carbocycles. The van der Waals surface area contributed by atoms with Crippen LogP contribution in [0.15, 0.2) is 0 Å². The van der Waals surface area contributed by atoms with Gasteiger partial charge in [-0.15, -0.1) is 0 Å². The van der Waals surface area contributed by atoms with Crippen LogP contribution in [0.5, 0.6) is 0 Å².